The van der Waals surface area contributed by atoms with Gasteiger partial charge in [-0.25, -0.2) is 0 Å². The number of halogens is 2. The van der Waals surface area contributed by atoms with Crippen LogP contribution in [0, 0.1) is 5.92 Å². The number of ether oxygens (including phenoxy) is 1. The molecule has 21 heavy (non-hydrogen) atoms. The lowest BCUT2D eigenvalue weighted by atomic mass is 9.78. The molecular formula is C16H20BrClO2S. The number of aliphatic hydroxyl groups is 1. The fourth-order valence-electron chi connectivity index (χ4n) is 3.42. The molecule has 2 nitrogen and oxygen atoms in total. The number of thioether (sulfide) groups is 1. The minimum atomic E-state index is -0.478. The third kappa shape index (κ3) is 3.61. The van der Waals surface area contributed by atoms with Crippen LogP contribution < -0.4 is 0 Å². The molecule has 1 aromatic carbocycles. The van der Waals surface area contributed by atoms with Gasteiger partial charge in [0, 0.05) is 16.1 Å². The van der Waals surface area contributed by atoms with Crippen LogP contribution in [0.25, 0.3) is 0 Å². The van der Waals surface area contributed by atoms with Crippen LogP contribution in [-0.2, 0) is 4.74 Å². The van der Waals surface area contributed by atoms with Gasteiger partial charge in [0.05, 0.1) is 11.7 Å². The van der Waals surface area contributed by atoms with Crippen molar-refractivity contribution < 1.29 is 9.84 Å². The lowest BCUT2D eigenvalue weighted by Crippen LogP contribution is -2.44. The second-order valence-electron chi connectivity index (χ2n) is 6.01. The third-order valence-electron chi connectivity index (χ3n) is 4.66. The van der Waals surface area contributed by atoms with Crippen LogP contribution in [0.4, 0.5) is 0 Å². The first-order valence-electron chi connectivity index (χ1n) is 7.44. The Labute approximate surface area is 143 Å². The van der Waals surface area contributed by atoms with Crippen molar-refractivity contribution in [2.75, 3.05) is 18.1 Å². The van der Waals surface area contributed by atoms with Gasteiger partial charge in [-0.3, -0.25) is 0 Å². The first-order chi connectivity index (χ1) is 10.1. The zero-order valence-electron chi connectivity index (χ0n) is 11.9. The topological polar surface area (TPSA) is 29.5 Å². The van der Waals surface area contributed by atoms with Gasteiger partial charge < -0.3 is 9.84 Å². The van der Waals surface area contributed by atoms with Crippen LogP contribution in [0.15, 0.2) is 22.7 Å². The summed E-state index contributed by atoms with van der Waals surface area (Å²) in [6.45, 7) is 0.755. The van der Waals surface area contributed by atoms with E-state index in [1.165, 1.54) is 11.5 Å². The highest BCUT2D eigenvalue weighted by atomic mass is 79.9. The number of benzene rings is 1. The van der Waals surface area contributed by atoms with E-state index in [0.717, 1.165) is 42.3 Å². The summed E-state index contributed by atoms with van der Waals surface area (Å²) in [5, 5.41) is 11.5. The van der Waals surface area contributed by atoms with Crippen LogP contribution in [0.1, 0.15) is 37.4 Å². The molecule has 2 fully saturated rings. The summed E-state index contributed by atoms with van der Waals surface area (Å²) in [6.07, 6.45) is 3.60. The van der Waals surface area contributed by atoms with Crippen LogP contribution in [-0.4, -0.2) is 28.8 Å². The Kier molecular flexibility index (Phi) is 5.22. The lowest BCUT2D eigenvalue weighted by molar-refractivity contribution is -0.121. The van der Waals surface area contributed by atoms with Crippen molar-refractivity contribution in [3.8, 4) is 0 Å². The predicted molar refractivity (Wildman–Crippen MR) is 92.1 cm³/mol. The fourth-order valence-corrected chi connectivity index (χ4v) is 5.32. The van der Waals surface area contributed by atoms with Crippen molar-refractivity contribution in [1.29, 1.82) is 0 Å². The van der Waals surface area contributed by atoms with Crippen molar-refractivity contribution in [1.82, 2.24) is 0 Å². The van der Waals surface area contributed by atoms with Crippen molar-refractivity contribution in [3.05, 3.63) is 33.3 Å². The summed E-state index contributed by atoms with van der Waals surface area (Å²) >= 11 is 11.6. The predicted octanol–water partition coefficient (Wildman–Crippen LogP) is 4.83. The standard InChI is InChI=1S/C16H20BrClO2S/c17-14-2-1-12(18)9-13(14)15(19)11-3-6-20-16(10-11)4-7-21-8-5-16/h1-2,9,11,15,19H,3-8,10H2. The van der Waals surface area contributed by atoms with E-state index in [1.807, 2.05) is 30.0 Å². The van der Waals surface area contributed by atoms with Crippen LogP contribution in [0.2, 0.25) is 5.02 Å². The summed E-state index contributed by atoms with van der Waals surface area (Å²) in [5.74, 6) is 2.59. The molecule has 1 N–H and O–H groups in total. The third-order valence-corrected chi connectivity index (χ3v) is 6.60. The molecule has 2 saturated heterocycles. The second kappa shape index (κ2) is 6.79. The van der Waals surface area contributed by atoms with Gasteiger partial charge in [-0.2, -0.15) is 11.8 Å². The van der Waals surface area contributed by atoms with Gasteiger partial charge in [-0.05, 0) is 66.9 Å². The maximum Gasteiger partial charge on any atom is 0.0831 e. The quantitative estimate of drug-likeness (QED) is 0.783. The number of rotatable bonds is 2. The smallest absolute Gasteiger partial charge is 0.0831 e. The maximum absolute atomic E-state index is 10.8. The molecule has 0 amide bonds. The van der Waals surface area contributed by atoms with E-state index >= 15 is 0 Å². The minimum absolute atomic E-state index is 0.000196. The van der Waals surface area contributed by atoms with Gasteiger partial charge in [0.2, 0.25) is 0 Å². The molecule has 2 atom stereocenters. The van der Waals surface area contributed by atoms with E-state index in [1.54, 1.807) is 0 Å². The van der Waals surface area contributed by atoms with Crippen molar-refractivity contribution in [3.63, 3.8) is 0 Å². The molecule has 2 aliphatic heterocycles. The van der Waals surface area contributed by atoms with Gasteiger partial charge in [-0.15, -0.1) is 0 Å². The zero-order chi connectivity index (χ0) is 14.9. The Morgan fingerprint density at radius 2 is 2.14 bits per heavy atom. The molecular weight excluding hydrogens is 372 g/mol. The second-order valence-corrected chi connectivity index (χ2v) is 8.52. The summed E-state index contributed by atoms with van der Waals surface area (Å²) in [6, 6.07) is 5.62. The Morgan fingerprint density at radius 3 is 2.90 bits per heavy atom. The highest BCUT2D eigenvalue weighted by Gasteiger charge is 2.41. The molecule has 5 heteroatoms. The fraction of sp³-hybridized carbons (Fsp3) is 0.625. The summed E-state index contributed by atoms with van der Waals surface area (Å²) in [4.78, 5) is 0. The Hall–Kier alpha value is 0.260. The molecule has 0 aliphatic carbocycles. The van der Waals surface area contributed by atoms with Crippen molar-refractivity contribution in [2.45, 2.75) is 37.4 Å². The molecule has 1 aromatic rings. The number of hydrogen-bond donors (Lipinski definition) is 1. The summed E-state index contributed by atoms with van der Waals surface area (Å²) < 4.78 is 7.04. The van der Waals surface area contributed by atoms with E-state index < -0.39 is 6.10 Å². The molecule has 0 radical (unpaired) electrons. The van der Waals surface area contributed by atoms with Gasteiger partial charge in [-0.1, -0.05) is 27.5 Å². The zero-order valence-corrected chi connectivity index (χ0v) is 15.0. The van der Waals surface area contributed by atoms with Crippen LogP contribution in [0.5, 0.6) is 0 Å². The Morgan fingerprint density at radius 1 is 1.38 bits per heavy atom. The summed E-state index contributed by atoms with van der Waals surface area (Å²) in [5.41, 5.74) is 0.898. The van der Waals surface area contributed by atoms with Crippen molar-refractivity contribution >= 4 is 39.3 Å². The molecule has 2 heterocycles. The molecule has 3 rings (SSSR count). The van der Waals surface area contributed by atoms with Gasteiger partial charge in [0.25, 0.3) is 0 Å². The first-order valence-corrected chi connectivity index (χ1v) is 9.77. The van der Waals surface area contributed by atoms with Crippen molar-refractivity contribution in [2.24, 2.45) is 5.92 Å². The van der Waals surface area contributed by atoms with E-state index in [-0.39, 0.29) is 11.5 Å². The van der Waals surface area contributed by atoms with Gasteiger partial charge >= 0.3 is 0 Å². The number of hydrogen-bond acceptors (Lipinski definition) is 3. The van der Waals surface area contributed by atoms with E-state index in [0.29, 0.717) is 5.02 Å². The molecule has 1 spiro atoms. The Bertz CT molecular complexity index is 500. The van der Waals surface area contributed by atoms with E-state index in [9.17, 15) is 5.11 Å². The highest BCUT2D eigenvalue weighted by Crippen LogP contribution is 2.44. The van der Waals surface area contributed by atoms with Gasteiger partial charge in [0.1, 0.15) is 0 Å². The van der Waals surface area contributed by atoms with Gasteiger partial charge in [0.15, 0.2) is 0 Å². The minimum Gasteiger partial charge on any atom is -0.388 e. The number of aliphatic hydroxyl groups excluding tert-OH is 1. The normalized spacial score (nSPS) is 26.7. The largest absolute Gasteiger partial charge is 0.388 e. The molecule has 2 unspecified atom stereocenters. The molecule has 116 valence electrons. The van der Waals surface area contributed by atoms with E-state index in [2.05, 4.69) is 15.9 Å². The van der Waals surface area contributed by atoms with Crippen LogP contribution in [0.3, 0.4) is 0 Å². The summed E-state index contributed by atoms with van der Waals surface area (Å²) in [7, 11) is 0. The molecule has 2 aliphatic rings. The highest BCUT2D eigenvalue weighted by molar-refractivity contribution is 9.10. The molecule has 0 bridgehead atoms. The Balaban J connectivity index is 1.77. The maximum atomic E-state index is 10.8. The average molecular weight is 392 g/mol. The monoisotopic (exact) mass is 390 g/mol. The average Bonchev–Trinajstić information content (AvgIpc) is 2.50. The lowest BCUT2D eigenvalue weighted by Gasteiger charge is -2.44. The van der Waals surface area contributed by atoms with Crippen LogP contribution >= 0.6 is 39.3 Å². The first kappa shape index (κ1) is 16.1. The van der Waals surface area contributed by atoms with E-state index in [4.69, 9.17) is 16.3 Å². The molecule has 0 aromatic heterocycles. The molecule has 0 saturated carbocycles. The SMILES string of the molecule is OC(c1cc(Cl)ccc1Br)C1CCOC2(CCSCC2)C1.